The number of aromatic nitrogens is 1. The molecular formula is C25H29NO5. The van der Waals surface area contributed by atoms with E-state index in [0.717, 1.165) is 27.9 Å². The highest BCUT2D eigenvalue weighted by Gasteiger charge is 2.40. The maximum absolute atomic E-state index is 13.1. The third-order valence-corrected chi connectivity index (χ3v) is 6.02. The van der Waals surface area contributed by atoms with Crippen molar-refractivity contribution >= 4 is 33.7 Å². The van der Waals surface area contributed by atoms with Crippen molar-refractivity contribution in [1.82, 2.24) is 4.57 Å². The first-order valence-corrected chi connectivity index (χ1v) is 10.5. The van der Waals surface area contributed by atoms with Crippen LogP contribution in [0.4, 0.5) is 0 Å². The minimum absolute atomic E-state index is 0.0433. The molecule has 0 spiro atoms. The van der Waals surface area contributed by atoms with Gasteiger partial charge in [0.15, 0.2) is 0 Å². The van der Waals surface area contributed by atoms with Gasteiger partial charge in [0.25, 0.3) is 0 Å². The number of carbonyl (C=O) groups is 2. The van der Waals surface area contributed by atoms with E-state index in [2.05, 4.69) is 28.8 Å². The Labute approximate surface area is 182 Å². The summed E-state index contributed by atoms with van der Waals surface area (Å²) in [7, 11) is 0. The Bertz CT molecular complexity index is 1070. The number of esters is 2. The zero-order valence-electron chi connectivity index (χ0n) is 18.4. The van der Waals surface area contributed by atoms with Crippen molar-refractivity contribution in [2.45, 2.75) is 40.2 Å². The second-order valence-corrected chi connectivity index (χ2v) is 7.94. The Balaban J connectivity index is 1.83. The third-order valence-electron chi connectivity index (χ3n) is 6.02. The number of benzene rings is 2. The van der Waals surface area contributed by atoms with Crippen molar-refractivity contribution in [3.8, 4) is 0 Å². The summed E-state index contributed by atoms with van der Waals surface area (Å²) < 4.78 is 12.6. The van der Waals surface area contributed by atoms with Crippen LogP contribution in [0.3, 0.4) is 0 Å². The highest BCUT2D eigenvalue weighted by atomic mass is 16.6. The monoisotopic (exact) mass is 423 g/mol. The van der Waals surface area contributed by atoms with Crippen LogP contribution < -0.4 is 0 Å². The number of aliphatic hydroxyl groups excluding tert-OH is 1. The lowest BCUT2D eigenvalue weighted by molar-refractivity contribution is -0.161. The molecule has 0 aliphatic rings. The van der Waals surface area contributed by atoms with Gasteiger partial charge in [-0.3, -0.25) is 4.79 Å². The number of ether oxygens (including phenoxy) is 2. The molecule has 2 aromatic carbocycles. The van der Waals surface area contributed by atoms with Crippen LogP contribution in [0.15, 0.2) is 60.4 Å². The molecule has 0 aliphatic carbocycles. The van der Waals surface area contributed by atoms with E-state index in [0.29, 0.717) is 6.42 Å². The van der Waals surface area contributed by atoms with Crippen LogP contribution in [-0.2, 0) is 19.1 Å². The fraction of sp³-hybridized carbons (Fsp3) is 0.360. The molecular weight excluding hydrogens is 394 g/mol. The lowest BCUT2D eigenvalue weighted by atomic mass is 9.80. The standard InChI is InChI=1S/C25H29NO5/c1-5-25(4,24(29)31-15-14-30-23(28)16-17(2)27)18(3)26-21-12-8-6-10-19(21)20-11-7-9-13-22(20)26/h6-13,16,18,27H,5,14-15H2,1-4H3. The summed E-state index contributed by atoms with van der Waals surface area (Å²) >= 11 is 0. The van der Waals surface area contributed by atoms with E-state index in [1.807, 2.05) is 45.0 Å². The molecule has 1 N–H and O–H groups in total. The molecule has 0 radical (unpaired) electrons. The number of rotatable bonds is 8. The quantitative estimate of drug-likeness (QED) is 0.230. The number of hydrogen-bond donors (Lipinski definition) is 1. The van der Waals surface area contributed by atoms with Gasteiger partial charge in [0.05, 0.1) is 17.3 Å². The fourth-order valence-corrected chi connectivity index (χ4v) is 3.92. The van der Waals surface area contributed by atoms with Gasteiger partial charge in [0.1, 0.15) is 13.2 Å². The molecule has 0 amide bonds. The topological polar surface area (TPSA) is 77.8 Å². The van der Waals surface area contributed by atoms with Crippen LogP contribution in [0.5, 0.6) is 0 Å². The molecule has 31 heavy (non-hydrogen) atoms. The molecule has 1 heterocycles. The Morgan fingerprint density at radius 3 is 2.06 bits per heavy atom. The van der Waals surface area contributed by atoms with Gasteiger partial charge in [-0.1, -0.05) is 43.3 Å². The van der Waals surface area contributed by atoms with Crippen molar-refractivity contribution in [3.63, 3.8) is 0 Å². The average molecular weight is 424 g/mol. The highest BCUT2D eigenvalue weighted by molar-refractivity contribution is 6.08. The van der Waals surface area contributed by atoms with Crippen LogP contribution in [0.25, 0.3) is 21.8 Å². The molecule has 2 atom stereocenters. The summed E-state index contributed by atoms with van der Waals surface area (Å²) in [5, 5.41) is 11.4. The SMILES string of the molecule is CCC(C)(C(=O)OCCOC(=O)C=C(C)O)C(C)n1c2ccccc2c2ccccc21. The van der Waals surface area contributed by atoms with Gasteiger partial charge in [-0.25, -0.2) is 4.79 Å². The van der Waals surface area contributed by atoms with Gasteiger partial charge >= 0.3 is 11.9 Å². The van der Waals surface area contributed by atoms with Crippen molar-refractivity contribution in [2.24, 2.45) is 5.41 Å². The maximum atomic E-state index is 13.1. The lowest BCUT2D eigenvalue weighted by Crippen LogP contribution is -2.37. The molecule has 3 aromatic rings. The molecule has 164 valence electrons. The van der Waals surface area contributed by atoms with Crippen molar-refractivity contribution < 1.29 is 24.2 Å². The Kier molecular flexibility index (Phi) is 6.68. The normalized spacial score (nSPS) is 14.9. The van der Waals surface area contributed by atoms with E-state index in [1.54, 1.807) is 0 Å². The minimum atomic E-state index is -0.782. The number of hydrogen-bond acceptors (Lipinski definition) is 5. The van der Waals surface area contributed by atoms with Crippen LogP contribution in [-0.4, -0.2) is 34.8 Å². The van der Waals surface area contributed by atoms with Crippen LogP contribution in [0, 0.1) is 5.41 Å². The largest absolute Gasteiger partial charge is 0.512 e. The number of aliphatic hydroxyl groups is 1. The minimum Gasteiger partial charge on any atom is -0.512 e. The van der Waals surface area contributed by atoms with Crippen LogP contribution in [0.2, 0.25) is 0 Å². The van der Waals surface area contributed by atoms with Gasteiger partial charge in [-0.15, -0.1) is 0 Å². The Hall–Kier alpha value is -3.28. The smallest absolute Gasteiger partial charge is 0.334 e. The summed E-state index contributed by atoms with van der Waals surface area (Å²) in [4.78, 5) is 24.6. The molecule has 6 nitrogen and oxygen atoms in total. The summed E-state index contributed by atoms with van der Waals surface area (Å²) in [6.45, 7) is 7.19. The molecule has 0 saturated heterocycles. The van der Waals surface area contributed by atoms with E-state index >= 15 is 0 Å². The van der Waals surface area contributed by atoms with E-state index in [-0.39, 0.29) is 31.0 Å². The van der Waals surface area contributed by atoms with E-state index in [1.165, 1.54) is 6.92 Å². The first kappa shape index (κ1) is 22.4. The summed E-state index contributed by atoms with van der Waals surface area (Å²) in [6, 6.07) is 16.2. The third kappa shape index (κ3) is 4.43. The Morgan fingerprint density at radius 1 is 1.03 bits per heavy atom. The van der Waals surface area contributed by atoms with Crippen LogP contribution >= 0.6 is 0 Å². The molecule has 0 aliphatic heterocycles. The van der Waals surface area contributed by atoms with Gasteiger partial charge in [-0.2, -0.15) is 0 Å². The molecule has 0 bridgehead atoms. The summed E-state index contributed by atoms with van der Waals surface area (Å²) in [5.41, 5.74) is 1.36. The Morgan fingerprint density at radius 2 is 1.55 bits per heavy atom. The predicted octanol–water partition coefficient (Wildman–Crippen LogP) is 5.32. The van der Waals surface area contributed by atoms with Crippen molar-refractivity contribution in [2.75, 3.05) is 13.2 Å². The zero-order chi connectivity index (χ0) is 22.6. The number of carbonyl (C=O) groups excluding carboxylic acids is 2. The molecule has 6 heteroatoms. The van der Waals surface area contributed by atoms with E-state index < -0.39 is 11.4 Å². The first-order valence-electron chi connectivity index (χ1n) is 10.5. The van der Waals surface area contributed by atoms with E-state index in [9.17, 15) is 9.59 Å². The summed E-state index contributed by atoms with van der Waals surface area (Å²) in [5.74, 6) is -1.15. The number of para-hydroxylation sites is 2. The first-order chi connectivity index (χ1) is 14.8. The molecule has 2 unspecified atom stereocenters. The van der Waals surface area contributed by atoms with Crippen LogP contribution in [0.1, 0.15) is 40.2 Å². The molecule has 0 fully saturated rings. The van der Waals surface area contributed by atoms with Gasteiger partial charge in [0, 0.05) is 27.8 Å². The second kappa shape index (κ2) is 9.25. The predicted molar refractivity (Wildman–Crippen MR) is 121 cm³/mol. The summed E-state index contributed by atoms with van der Waals surface area (Å²) in [6.07, 6.45) is 1.56. The van der Waals surface area contributed by atoms with Gasteiger partial charge in [0.2, 0.25) is 0 Å². The number of fused-ring (bicyclic) bond motifs is 3. The average Bonchev–Trinajstić information content (AvgIpc) is 3.09. The lowest BCUT2D eigenvalue weighted by Gasteiger charge is -2.34. The zero-order valence-corrected chi connectivity index (χ0v) is 18.4. The molecule has 1 aromatic heterocycles. The van der Waals surface area contributed by atoms with Crippen molar-refractivity contribution in [3.05, 3.63) is 60.4 Å². The second-order valence-electron chi connectivity index (χ2n) is 7.94. The van der Waals surface area contributed by atoms with Gasteiger partial charge < -0.3 is 19.1 Å². The number of allylic oxidation sites excluding steroid dienone is 1. The van der Waals surface area contributed by atoms with E-state index in [4.69, 9.17) is 14.6 Å². The molecule has 3 rings (SSSR count). The van der Waals surface area contributed by atoms with Gasteiger partial charge in [-0.05, 0) is 39.3 Å². The maximum Gasteiger partial charge on any atom is 0.334 e. The highest BCUT2D eigenvalue weighted by Crippen LogP contribution is 2.41. The number of nitrogens with zero attached hydrogens (tertiary/aromatic N) is 1. The molecule has 0 saturated carbocycles. The fourth-order valence-electron chi connectivity index (χ4n) is 3.92. The van der Waals surface area contributed by atoms with Crippen molar-refractivity contribution in [1.29, 1.82) is 0 Å².